The Hall–Kier alpha value is -3.00. The van der Waals surface area contributed by atoms with Crippen LogP contribution in [0.5, 0.6) is 5.75 Å². The number of rotatable bonds is 0. The molecule has 0 aromatic heterocycles. The smallest absolute Gasteiger partial charge is 0.217 e. The zero-order valence-corrected chi connectivity index (χ0v) is 16.4. The Balaban J connectivity index is 1.57. The Labute approximate surface area is 171 Å². The van der Waals surface area contributed by atoms with E-state index in [4.69, 9.17) is 4.74 Å². The van der Waals surface area contributed by atoms with Gasteiger partial charge in [-0.2, -0.15) is 0 Å². The summed E-state index contributed by atoms with van der Waals surface area (Å²) in [6.45, 7) is 0. The quantitative estimate of drug-likeness (QED) is 0.472. The molecule has 2 heterocycles. The van der Waals surface area contributed by atoms with Gasteiger partial charge in [0.1, 0.15) is 5.75 Å². The Morgan fingerprint density at radius 2 is 1.59 bits per heavy atom. The average Bonchev–Trinajstić information content (AvgIpc) is 3.13. The van der Waals surface area contributed by atoms with E-state index in [1.165, 1.54) is 46.5 Å². The van der Waals surface area contributed by atoms with Crippen molar-refractivity contribution in [2.24, 2.45) is 5.92 Å². The molecule has 2 unspecified atom stereocenters. The molecule has 0 amide bonds. The fourth-order valence-corrected chi connectivity index (χ4v) is 6.26. The highest BCUT2D eigenvalue weighted by Crippen LogP contribution is 2.62. The van der Waals surface area contributed by atoms with Crippen molar-refractivity contribution in [2.75, 3.05) is 4.90 Å². The van der Waals surface area contributed by atoms with E-state index in [1.807, 2.05) is 0 Å². The number of fused-ring (bicyclic) bond motifs is 6. The highest BCUT2D eigenvalue weighted by Gasteiger charge is 2.59. The standard InChI is InChI=1S/C27H23NO/c1-3-9-22-18(7-1)13-14-20-17-21-16-15-19-8-2-4-10-23(19)27(21)28(26(20)22)24-11-5-6-12-25(24)29-27/h1-12,21H,13-17H2. The van der Waals surface area contributed by atoms with Crippen molar-refractivity contribution in [1.82, 2.24) is 0 Å². The number of hydrogen-bond donors (Lipinski definition) is 0. The SMILES string of the molecule is c1ccc2c(c1)CCC1=C2N2c3ccccc3OC23c2ccccc2CCC3C1. The van der Waals surface area contributed by atoms with Crippen LogP contribution >= 0.6 is 0 Å². The molecule has 0 saturated carbocycles. The first kappa shape index (κ1) is 15.9. The van der Waals surface area contributed by atoms with Crippen molar-refractivity contribution < 1.29 is 4.74 Å². The van der Waals surface area contributed by atoms with Gasteiger partial charge in [-0.1, -0.05) is 60.7 Å². The van der Waals surface area contributed by atoms with Gasteiger partial charge in [-0.15, -0.1) is 0 Å². The third-order valence-corrected chi connectivity index (χ3v) is 7.44. The minimum Gasteiger partial charge on any atom is -0.461 e. The molecular weight excluding hydrogens is 354 g/mol. The van der Waals surface area contributed by atoms with E-state index in [-0.39, 0.29) is 0 Å². The van der Waals surface area contributed by atoms with Gasteiger partial charge in [-0.05, 0) is 60.9 Å². The van der Waals surface area contributed by atoms with Gasteiger partial charge in [0.2, 0.25) is 5.72 Å². The number of para-hydroxylation sites is 2. The summed E-state index contributed by atoms with van der Waals surface area (Å²) in [6.07, 6.45) is 5.79. The van der Waals surface area contributed by atoms with Crippen LogP contribution in [0.25, 0.3) is 5.70 Å². The van der Waals surface area contributed by atoms with E-state index in [2.05, 4.69) is 77.7 Å². The molecule has 1 spiro atoms. The first-order chi connectivity index (χ1) is 14.4. The third-order valence-electron chi connectivity index (χ3n) is 7.44. The molecule has 2 heteroatoms. The van der Waals surface area contributed by atoms with Crippen molar-refractivity contribution in [3.05, 3.63) is 101 Å². The Morgan fingerprint density at radius 3 is 2.55 bits per heavy atom. The van der Waals surface area contributed by atoms with Gasteiger partial charge < -0.3 is 4.74 Å². The number of anilines is 1. The maximum Gasteiger partial charge on any atom is 0.217 e. The molecule has 4 aliphatic rings. The van der Waals surface area contributed by atoms with Gasteiger partial charge in [0.25, 0.3) is 0 Å². The zero-order chi connectivity index (χ0) is 19.0. The molecule has 0 radical (unpaired) electrons. The molecule has 7 rings (SSSR count). The highest BCUT2D eigenvalue weighted by molar-refractivity contribution is 5.90. The van der Waals surface area contributed by atoms with Crippen LogP contribution in [0.3, 0.4) is 0 Å². The van der Waals surface area contributed by atoms with Crippen LogP contribution in [0.15, 0.2) is 78.4 Å². The van der Waals surface area contributed by atoms with E-state index < -0.39 is 5.72 Å². The second-order valence-corrected chi connectivity index (χ2v) is 8.81. The molecule has 0 saturated heterocycles. The highest BCUT2D eigenvalue weighted by atomic mass is 16.5. The number of allylic oxidation sites excluding steroid dienone is 1. The molecule has 3 aromatic carbocycles. The van der Waals surface area contributed by atoms with E-state index in [1.54, 1.807) is 5.57 Å². The molecule has 0 bridgehead atoms. The average molecular weight is 377 g/mol. The van der Waals surface area contributed by atoms with E-state index >= 15 is 0 Å². The lowest BCUT2D eigenvalue weighted by molar-refractivity contribution is 0.0104. The van der Waals surface area contributed by atoms with Gasteiger partial charge in [0.05, 0.1) is 11.4 Å². The molecule has 2 atom stereocenters. The van der Waals surface area contributed by atoms with Crippen molar-refractivity contribution >= 4 is 11.4 Å². The fraction of sp³-hybridized carbons (Fsp3) is 0.259. The second-order valence-electron chi connectivity index (χ2n) is 8.81. The van der Waals surface area contributed by atoms with Crippen LogP contribution in [0.4, 0.5) is 5.69 Å². The van der Waals surface area contributed by atoms with E-state index in [0.717, 1.165) is 25.0 Å². The van der Waals surface area contributed by atoms with Crippen molar-refractivity contribution in [2.45, 2.75) is 37.8 Å². The van der Waals surface area contributed by atoms with Gasteiger partial charge in [-0.25, -0.2) is 0 Å². The number of benzene rings is 3. The summed E-state index contributed by atoms with van der Waals surface area (Å²) >= 11 is 0. The summed E-state index contributed by atoms with van der Waals surface area (Å²) in [5.74, 6) is 1.50. The number of hydrogen-bond acceptors (Lipinski definition) is 2. The summed E-state index contributed by atoms with van der Waals surface area (Å²) in [4.78, 5) is 2.59. The van der Waals surface area contributed by atoms with Gasteiger partial charge in [-0.3, -0.25) is 4.90 Å². The predicted molar refractivity (Wildman–Crippen MR) is 116 cm³/mol. The zero-order valence-electron chi connectivity index (χ0n) is 16.4. The minimum atomic E-state index is -0.415. The van der Waals surface area contributed by atoms with Gasteiger partial charge >= 0.3 is 0 Å². The summed E-state index contributed by atoms with van der Waals surface area (Å²) in [6, 6.07) is 26.6. The number of ether oxygens (including phenoxy) is 1. The molecule has 3 aromatic rings. The van der Waals surface area contributed by atoms with Crippen molar-refractivity contribution in [3.8, 4) is 5.75 Å². The summed E-state index contributed by atoms with van der Waals surface area (Å²) in [7, 11) is 0. The molecule has 0 fully saturated rings. The van der Waals surface area contributed by atoms with Crippen molar-refractivity contribution in [1.29, 1.82) is 0 Å². The van der Waals surface area contributed by atoms with Gasteiger partial charge in [0.15, 0.2) is 0 Å². The maximum absolute atomic E-state index is 6.98. The molecule has 2 nitrogen and oxygen atoms in total. The normalized spacial score (nSPS) is 25.8. The Morgan fingerprint density at radius 1 is 0.793 bits per heavy atom. The Kier molecular flexibility index (Phi) is 3.03. The summed E-state index contributed by atoms with van der Waals surface area (Å²) in [5, 5.41) is 0. The number of aryl methyl sites for hydroxylation is 2. The molecule has 2 aliphatic carbocycles. The molecule has 142 valence electrons. The topological polar surface area (TPSA) is 12.5 Å². The lowest BCUT2D eigenvalue weighted by atomic mass is 9.68. The second kappa shape index (κ2) is 5.54. The van der Waals surface area contributed by atoms with Crippen LogP contribution in [0.1, 0.15) is 41.5 Å². The van der Waals surface area contributed by atoms with Crippen LogP contribution < -0.4 is 9.64 Å². The summed E-state index contributed by atoms with van der Waals surface area (Å²) < 4.78 is 6.98. The largest absolute Gasteiger partial charge is 0.461 e. The Bertz CT molecular complexity index is 1190. The van der Waals surface area contributed by atoms with Crippen LogP contribution in [0.2, 0.25) is 0 Å². The van der Waals surface area contributed by atoms with Crippen molar-refractivity contribution in [3.63, 3.8) is 0 Å². The lowest BCUT2D eigenvalue weighted by Gasteiger charge is -2.53. The first-order valence-electron chi connectivity index (χ1n) is 10.8. The fourth-order valence-electron chi connectivity index (χ4n) is 6.26. The maximum atomic E-state index is 6.98. The predicted octanol–water partition coefficient (Wildman–Crippen LogP) is 6.06. The van der Waals surface area contributed by atoms with Crippen LogP contribution in [0, 0.1) is 5.92 Å². The molecule has 2 aliphatic heterocycles. The lowest BCUT2D eigenvalue weighted by Crippen LogP contribution is -2.56. The van der Waals surface area contributed by atoms with E-state index in [9.17, 15) is 0 Å². The third kappa shape index (κ3) is 1.92. The monoisotopic (exact) mass is 377 g/mol. The molecular formula is C27H23NO. The number of nitrogens with zero attached hydrogens (tertiary/aromatic N) is 1. The first-order valence-corrected chi connectivity index (χ1v) is 10.8. The summed E-state index contributed by atoms with van der Waals surface area (Å²) in [5.41, 5.74) is 9.49. The van der Waals surface area contributed by atoms with Crippen LogP contribution in [-0.4, -0.2) is 0 Å². The molecule has 29 heavy (non-hydrogen) atoms. The minimum absolute atomic E-state index is 0.415. The van der Waals surface area contributed by atoms with E-state index in [0.29, 0.717) is 5.92 Å². The van der Waals surface area contributed by atoms with Gasteiger partial charge in [0, 0.05) is 17.0 Å². The molecule has 0 N–H and O–H groups in total. The van der Waals surface area contributed by atoms with Crippen LogP contribution in [-0.2, 0) is 18.6 Å².